The average Bonchev–Trinajstić information content (AvgIpc) is 2.22. The minimum atomic E-state index is 1.02. The lowest BCUT2D eigenvalue weighted by molar-refractivity contribution is 1.28. The summed E-state index contributed by atoms with van der Waals surface area (Å²) in [5, 5.41) is 0. The molecular weight excluding hydrogens is 168 g/mol. The van der Waals surface area contributed by atoms with Crippen LogP contribution < -0.4 is 0 Å². The molecule has 1 radical (unpaired) electrons. The molecule has 0 aromatic carbocycles. The van der Waals surface area contributed by atoms with E-state index in [9.17, 15) is 0 Å². The first-order chi connectivity index (χ1) is 7.00. The number of rotatable bonds is 0. The van der Waals surface area contributed by atoms with E-state index in [0.717, 1.165) is 19.3 Å². The van der Waals surface area contributed by atoms with E-state index in [4.69, 9.17) is 0 Å². The first kappa shape index (κ1) is 10.8. The summed E-state index contributed by atoms with van der Waals surface area (Å²) < 4.78 is 0. The molecule has 0 aromatic rings. The van der Waals surface area contributed by atoms with Crippen LogP contribution in [0, 0.1) is 6.42 Å². The topological polar surface area (TPSA) is 0 Å². The second-order valence-electron chi connectivity index (χ2n) is 3.08. The molecular formula is C14H17. The highest BCUT2D eigenvalue weighted by Crippen LogP contribution is 1.96. The van der Waals surface area contributed by atoms with Crippen LogP contribution in [0.4, 0.5) is 0 Å². The predicted octanol–water partition coefficient (Wildman–Crippen LogP) is 4.16. The molecule has 0 heterocycles. The van der Waals surface area contributed by atoms with E-state index >= 15 is 0 Å². The van der Waals surface area contributed by atoms with Crippen molar-refractivity contribution in [2.24, 2.45) is 0 Å². The molecule has 0 spiro atoms. The Labute approximate surface area is 87.0 Å². The Balaban J connectivity index is 2.45. The maximum Gasteiger partial charge on any atom is 0.00474 e. The molecule has 0 bridgehead atoms. The van der Waals surface area contributed by atoms with Gasteiger partial charge in [-0.3, -0.25) is 0 Å². The lowest BCUT2D eigenvalue weighted by atomic mass is 10.2. The molecule has 1 rings (SSSR count). The summed E-state index contributed by atoms with van der Waals surface area (Å²) in [5.41, 5.74) is 0. The van der Waals surface area contributed by atoms with Gasteiger partial charge in [0.15, 0.2) is 0 Å². The van der Waals surface area contributed by atoms with E-state index in [1.807, 2.05) is 6.08 Å². The largest absolute Gasteiger partial charge is 0.0844 e. The van der Waals surface area contributed by atoms with E-state index in [1.54, 1.807) is 0 Å². The van der Waals surface area contributed by atoms with Crippen LogP contribution >= 0.6 is 0 Å². The monoisotopic (exact) mass is 185 g/mol. The third kappa shape index (κ3) is 6.24. The molecule has 0 fully saturated rings. The summed E-state index contributed by atoms with van der Waals surface area (Å²) in [7, 11) is 0. The van der Waals surface area contributed by atoms with Crippen molar-refractivity contribution >= 4 is 0 Å². The van der Waals surface area contributed by atoms with Gasteiger partial charge in [0.2, 0.25) is 0 Å². The van der Waals surface area contributed by atoms with Crippen molar-refractivity contribution in [3.05, 3.63) is 67.2 Å². The molecule has 0 amide bonds. The molecule has 0 atom stereocenters. The summed E-state index contributed by atoms with van der Waals surface area (Å²) >= 11 is 0. The van der Waals surface area contributed by atoms with Crippen LogP contribution in [0.2, 0.25) is 0 Å². The third-order valence-corrected chi connectivity index (χ3v) is 1.87. The van der Waals surface area contributed by atoms with Crippen LogP contribution in [0.1, 0.15) is 19.3 Å². The van der Waals surface area contributed by atoms with E-state index in [1.165, 1.54) is 0 Å². The fourth-order valence-electron chi connectivity index (χ4n) is 1.13. The normalized spacial score (nSPS) is 29.7. The highest BCUT2D eigenvalue weighted by molar-refractivity contribution is 5.15. The summed E-state index contributed by atoms with van der Waals surface area (Å²) in [6.45, 7) is 0. The van der Waals surface area contributed by atoms with E-state index < -0.39 is 0 Å². The maximum absolute atomic E-state index is 2.20. The van der Waals surface area contributed by atoms with Gasteiger partial charge in [-0.15, -0.1) is 0 Å². The molecule has 0 aromatic heterocycles. The van der Waals surface area contributed by atoms with Crippen LogP contribution in [0.3, 0.4) is 0 Å². The molecule has 1 aliphatic carbocycles. The van der Waals surface area contributed by atoms with Crippen LogP contribution in [-0.4, -0.2) is 0 Å². The molecule has 0 saturated heterocycles. The fourth-order valence-corrected chi connectivity index (χ4v) is 1.13. The highest BCUT2D eigenvalue weighted by atomic mass is 13.8. The van der Waals surface area contributed by atoms with Crippen molar-refractivity contribution < 1.29 is 0 Å². The Bertz CT molecular complexity index is 234. The zero-order valence-corrected chi connectivity index (χ0v) is 8.47. The van der Waals surface area contributed by atoms with Crippen LogP contribution in [0.15, 0.2) is 60.8 Å². The van der Waals surface area contributed by atoms with Gasteiger partial charge in [-0.1, -0.05) is 60.8 Å². The van der Waals surface area contributed by atoms with Gasteiger partial charge in [0.25, 0.3) is 0 Å². The van der Waals surface area contributed by atoms with Gasteiger partial charge >= 0.3 is 0 Å². The standard InChI is InChI=1S/C14H17/c1-2-4-6-8-10-12-14-13-11-9-7-5-3-1/h1-7,10-13H,8-9,14H2/b2-1+,6-4+,7-5-,12-10-,13-11-. The highest BCUT2D eigenvalue weighted by Gasteiger charge is 1.75. The van der Waals surface area contributed by atoms with Gasteiger partial charge in [0.1, 0.15) is 0 Å². The third-order valence-electron chi connectivity index (χ3n) is 1.87. The van der Waals surface area contributed by atoms with Gasteiger partial charge in [-0.2, -0.15) is 0 Å². The summed E-state index contributed by atoms with van der Waals surface area (Å²) in [6, 6.07) is 0. The van der Waals surface area contributed by atoms with Gasteiger partial charge in [0, 0.05) is 6.42 Å². The minimum absolute atomic E-state index is 1.02. The fraction of sp³-hybridized carbons (Fsp3) is 0.214. The molecule has 1 aliphatic rings. The number of allylic oxidation sites excluding steroid dienone is 10. The Hall–Kier alpha value is -1.30. The lowest BCUT2D eigenvalue weighted by Gasteiger charge is -1.86. The van der Waals surface area contributed by atoms with E-state index in [0.29, 0.717) is 0 Å². The van der Waals surface area contributed by atoms with Crippen molar-refractivity contribution in [3.63, 3.8) is 0 Å². The zero-order chi connectivity index (χ0) is 9.90. The lowest BCUT2D eigenvalue weighted by Crippen LogP contribution is -1.65. The second kappa shape index (κ2) is 8.31. The first-order valence-corrected chi connectivity index (χ1v) is 5.12. The van der Waals surface area contributed by atoms with Crippen molar-refractivity contribution in [1.82, 2.24) is 0 Å². The quantitative estimate of drug-likeness (QED) is 0.497. The predicted molar refractivity (Wildman–Crippen MR) is 63.9 cm³/mol. The molecule has 0 heteroatoms. The summed E-state index contributed by atoms with van der Waals surface area (Å²) in [5.74, 6) is 0. The Kier molecular flexibility index (Phi) is 6.39. The Morgan fingerprint density at radius 2 is 1.00 bits per heavy atom. The van der Waals surface area contributed by atoms with Crippen LogP contribution in [0.25, 0.3) is 0 Å². The van der Waals surface area contributed by atoms with Crippen molar-refractivity contribution in [2.45, 2.75) is 19.3 Å². The van der Waals surface area contributed by atoms with Gasteiger partial charge in [0.05, 0.1) is 0 Å². The van der Waals surface area contributed by atoms with Gasteiger partial charge in [-0.05, 0) is 19.3 Å². The maximum atomic E-state index is 2.20. The molecule has 0 unspecified atom stereocenters. The molecule has 73 valence electrons. The van der Waals surface area contributed by atoms with Crippen molar-refractivity contribution in [1.29, 1.82) is 0 Å². The van der Waals surface area contributed by atoms with Crippen LogP contribution in [0.5, 0.6) is 0 Å². The van der Waals surface area contributed by atoms with E-state index in [-0.39, 0.29) is 0 Å². The molecule has 0 saturated carbocycles. The average molecular weight is 185 g/mol. The molecule has 0 N–H and O–H groups in total. The zero-order valence-electron chi connectivity index (χ0n) is 8.47. The minimum Gasteiger partial charge on any atom is -0.0844 e. The van der Waals surface area contributed by atoms with Crippen molar-refractivity contribution in [3.8, 4) is 0 Å². The molecule has 0 aliphatic heterocycles. The summed E-state index contributed by atoms with van der Waals surface area (Å²) in [6.07, 6.45) is 26.5. The Morgan fingerprint density at radius 3 is 1.71 bits per heavy atom. The molecule has 14 heavy (non-hydrogen) atoms. The smallest absolute Gasteiger partial charge is 0.00474 e. The second-order valence-corrected chi connectivity index (χ2v) is 3.08. The number of hydrogen-bond acceptors (Lipinski definition) is 0. The van der Waals surface area contributed by atoms with Crippen LogP contribution in [-0.2, 0) is 0 Å². The number of hydrogen-bond donors (Lipinski definition) is 0. The van der Waals surface area contributed by atoms with Gasteiger partial charge < -0.3 is 0 Å². The SMILES string of the molecule is [CH]1/C=C\C/C=C\C/C=C\C/C=C/C=C/1. The first-order valence-electron chi connectivity index (χ1n) is 5.12. The van der Waals surface area contributed by atoms with E-state index in [2.05, 4.69) is 61.1 Å². The molecule has 0 nitrogen and oxygen atoms in total. The van der Waals surface area contributed by atoms with Crippen molar-refractivity contribution in [2.75, 3.05) is 0 Å². The Morgan fingerprint density at radius 1 is 0.429 bits per heavy atom. The summed E-state index contributed by atoms with van der Waals surface area (Å²) in [4.78, 5) is 0. The van der Waals surface area contributed by atoms with Gasteiger partial charge in [-0.25, -0.2) is 0 Å².